The Morgan fingerprint density at radius 3 is 2.90 bits per heavy atom. The predicted octanol–water partition coefficient (Wildman–Crippen LogP) is 4.57. The smallest absolute Gasteiger partial charge is 0.137 e. The molecule has 0 saturated carbocycles. The standard InChI is InChI=1S/C16H14BrClO2/c17-13-5-6-15(12(7-13)9-18)19-10-14-8-11-3-1-2-4-16(11)20-14/h1-7,14H,8-10H2. The van der Waals surface area contributed by atoms with Crippen LogP contribution in [0.4, 0.5) is 0 Å². The van der Waals surface area contributed by atoms with E-state index in [9.17, 15) is 0 Å². The third-order valence-electron chi connectivity index (χ3n) is 3.31. The van der Waals surface area contributed by atoms with Gasteiger partial charge in [0.15, 0.2) is 0 Å². The molecule has 104 valence electrons. The second-order valence-corrected chi connectivity index (χ2v) is 5.93. The fraction of sp³-hybridized carbons (Fsp3) is 0.250. The molecular formula is C16H14BrClO2. The first-order valence-corrected chi connectivity index (χ1v) is 7.81. The number of halogens is 2. The van der Waals surface area contributed by atoms with Crippen LogP contribution >= 0.6 is 27.5 Å². The van der Waals surface area contributed by atoms with Gasteiger partial charge in [-0.1, -0.05) is 34.1 Å². The quantitative estimate of drug-likeness (QED) is 0.750. The predicted molar refractivity (Wildman–Crippen MR) is 83.8 cm³/mol. The number of hydrogen-bond acceptors (Lipinski definition) is 2. The molecule has 1 aliphatic heterocycles. The molecule has 0 fully saturated rings. The summed E-state index contributed by atoms with van der Waals surface area (Å²) in [5.41, 5.74) is 2.23. The minimum absolute atomic E-state index is 0.0687. The summed E-state index contributed by atoms with van der Waals surface area (Å²) in [7, 11) is 0. The van der Waals surface area contributed by atoms with Gasteiger partial charge in [-0.05, 0) is 29.8 Å². The van der Waals surface area contributed by atoms with Crippen molar-refractivity contribution in [2.45, 2.75) is 18.4 Å². The molecule has 1 atom stereocenters. The highest BCUT2D eigenvalue weighted by atomic mass is 79.9. The van der Waals surface area contributed by atoms with Crippen molar-refractivity contribution in [3.05, 3.63) is 58.1 Å². The number of fused-ring (bicyclic) bond motifs is 1. The van der Waals surface area contributed by atoms with E-state index in [4.69, 9.17) is 21.1 Å². The highest BCUT2D eigenvalue weighted by Crippen LogP contribution is 2.29. The topological polar surface area (TPSA) is 18.5 Å². The van der Waals surface area contributed by atoms with E-state index in [1.165, 1.54) is 5.56 Å². The summed E-state index contributed by atoms with van der Waals surface area (Å²) in [5, 5.41) is 0. The summed E-state index contributed by atoms with van der Waals surface area (Å²) >= 11 is 9.38. The van der Waals surface area contributed by atoms with Crippen molar-refractivity contribution in [1.82, 2.24) is 0 Å². The summed E-state index contributed by atoms with van der Waals surface area (Å²) in [6.45, 7) is 0.528. The van der Waals surface area contributed by atoms with Crippen LogP contribution in [0.15, 0.2) is 46.9 Å². The summed E-state index contributed by atoms with van der Waals surface area (Å²) in [5.74, 6) is 2.22. The molecule has 0 N–H and O–H groups in total. The Morgan fingerprint density at radius 2 is 2.10 bits per heavy atom. The number of hydrogen-bond donors (Lipinski definition) is 0. The van der Waals surface area contributed by atoms with E-state index in [-0.39, 0.29) is 6.10 Å². The van der Waals surface area contributed by atoms with E-state index >= 15 is 0 Å². The lowest BCUT2D eigenvalue weighted by atomic mass is 10.1. The van der Waals surface area contributed by atoms with E-state index in [1.54, 1.807) is 0 Å². The highest BCUT2D eigenvalue weighted by molar-refractivity contribution is 9.10. The van der Waals surface area contributed by atoms with Gasteiger partial charge in [0, 0.05) is 16.5 Å². The Labute approximate surface area is 131 Å². The van der Waals surface area contributed by atoms with Crippen molar-refractivity contribution in [3.8, 4) is 11.5 Å². The Bertz CT molecular complexity index is 590. The molecule has 0 saturated heterocycles. The second kappa shape index (κ2) is 6.06. The van der Waals surface area contributed by atoms with Crippen molar-refractivity contribution >= 4 is 27.5 Å². The summed E-state index contributed by atoms with van der Waals surface area (Å²) in [6, 6.07) is 14.0. The fourth-order valence-electron chi connectivity index (χ4n) is 2.32. The molecule has 20 heavy (non-hydrogen) atoms. The van der Waals surface area contributed by atoms with E-state index in [2.05, 4.69) is 22.0 Å². The van der Waals surface area contributed by atoms with E-state index in [1.807, 2.05) is 36.4 Å². The molecule has 0 amide bonds. The molecule has 2 nitrogen and oxygen atoms in total. The molecule has 0 bridgehead atoms. The first kappa shape index (κ1) is 13.8. The average Bonchev–Trinajstić information content (AvgIpc) is 2.88. The van der Waals surface area contributed by atoms with Gasteiger partial charge in [0.25, 0.3) is 0 Å². The molecule has 1 heterocycles. The van der Waals surface area contributed by atoms with Crippen LogP contribution in [0, 0.1) is 0 Å². The van der Waals surface area contributed by atoms with Crippen molar-refractivity contribution in [2.24, 2.45) is 0 Å². The van der Waals surface area contributed by atoms with Crippen molar-refractivity contribution in [1.29, 1.82) is 0 Å². The zero-order valence-electron chi connectivity index (χ0n) is 10.8. The molecule has 4 heteroatoms. The van der Waals surface area contributed by atoms with Crippen LogP contribution in [0.25, 0.3) is 0 Å². The Morgan fingerprint density at radius 1 is 1.25 bits per heavy atom. The summed E-state index contributed by atoms with van der Waals surface area (Å²) in [4.78, 5) is 0. The van der Waals surface area contributed by atoms with E-state index in [0.29, 0.717) is 12.5 Å². The lowest BCUT2D eigenvalue weighted by Crippen LogP contribution is -2.22. The van der Waals surface area contributed by atoms with Gasteiger partial charge in [0.05, 0.1) is 5.88 Å². The minimum atomic E-state index is 0.0687. The SMILES string of the molecule is ClCc1cc(Br)ccc1OCC1Cc2ccccc2O1. The van der Waals surface area contributed by atoms with Gasteiger partial charge in [-0.15, -0.1) is 11.6 Å². The van der Waals surface area contributed by atoms with E-state index < -0.39 is 0 Å². The molecule has 3 rings (SSSR count). The van der Waals surface area contributed by atoms with Crippen LogP contribution in [0.1, 0.15) is 11.1 Å². The van der Waals surface area contributed by atoms with Gasteiger partial charge in [-0.3, -0.25) is 0 Å². The molecule has 2 aromatic carbocycles. The van der Waals surface area contributed by atoms with Crippen LogP contribution in [0.3, 0.4) is 0 Å². The van der Waals surface area contributed by atoms with Gasteiger partial charge >= 0.3 is 0 Å². The maximum atomic E-state index is 5.94. The van der Waals surface area contributed by atoms with Crippen molar-refractivity contribution in [2.75, 3.05) is 6.61 Å². The molecule has 0 radical (unpaired) electrons. The molecule has 0 aliphatic carbocycles. The maximum absolute atomic E-state index is 5.94. The third kappa shape index (κ3) is 2.94. The van der Waals surface area contributed by atoms with Gasteiger partial charge < -0.3 is 9.47 Å². The molecule has 1 unspecified atom stereocenters. The number of alkyl halides is 1. The molecular weight excluding hydrogens is 340 g/mol. The van der Waals surface area contributed by atoms with Crippen LogP contribution in [-0.4, -0.2) is 12.7 Å². The Kier molecular flexibility index (Phi) is 4.18. The van der Waals surface area contributed by atoms with Gasteiger partial charge in [0.2, 0.25) is 0 Å². The summed E-state index contributed by atoms with van der Waals surface area (Å²) < 4.78 is 12.7. The minimum Gasteiger partial charge on any atom is -0.489 e. The number of rotatable bonds is 4. The zero-order valence-corrected chi connectivity index (χ0v) is 13.2. The summed E-state index contributed by atoms with van der Waals surface area (Å²) in [6.07, 6.45) is 0.960. The normalized spacial score (nSPS) is 16.6. The fourth-order valence-corrected chi connectivity index (χ4v) is 2.94. The number of benzene rings is 2. The van der Waals surface area contributed by atoms with Crippen LogP contribution in [-0.2, 0) is 12.3 Å². The first-order valence-electron chi connectivity index (χ1n) is 6.48. The van der Waals surface area contributed by atoms with Crippen LogP contribution < -0.4 is 9.47 Å². The average molecular weight is 354 g/mol. The van der Waals surface area contributed by atoms with Crippen LogP contribution in [0.2, 0.25) is 0 Å². The maximum Gasteiger partial charge on any atom is 0.137 e. The Hall–Kier alpha value is -1.19. The molecule has 2 aromatic rings. The van der Waals surface area contributed by atoms with Gasteiger partial charge in [-0.2, -0.15) is 0 Å². The highest BCUT2D eigenvalue weighted by Gasteiger charge is 2.23. The third-order valence-corrected chi connectivity index (χ3v) is 4.09. The van der Waals surface area contributed by atoms with Crippen molar-refractivity contribution < 1.29 is 9.47 Å². The molecule has 0 spiro atoms. The Balaban J connectivity index is 1.64. The zero-order chi connectivity index (χ0) is 13.9. The van der Waals surface area contributed by atoms with Gasteiger partial charge in [-0.25, -0.2) is 0 Å². The first-order chi connectivity index (χ1) is 9.76. The van der Waals surface area contributed by atoms with Gasteiger partial charge in [0.1, 0.15) is 24.2 Å². The lowest BCUT2D eigenvalue weighted by Gasteiger charge is -2.14. The van der Waals surface area contributed by atoms with Crippen LogP contribution in [0.5, 0.6) is 11.5 Å². The molecule has 1 aliphatic rings. The molecule has 0 aromatic heterocycles. The van der Waals surface area contributed by atoms with E-state index in [0.717, 1.165) is 28.0 Å². The monoisotopic (exact) mass is 352 g/mol. The number of ether oxygens (including phenoxy) is 2. The second-order valence-electron chi connectivity index (χ2n) is 4.75. The number of para-hydroxylation sites is 1. The van der Waals surface area contributed by atoms with Crippen molar-refractivity contribution in [3.63, 3.8) is 0 Å². The largest absolute Gasteiger partial charge is 0.489 e. The lowest BCUT2D eigenvalue weighted by molar-refractivity contribution is 0.148.